The van der Waals surface area contributed by atoms with Crippen LogP contribution in [-0.2, 0) is 6.54 Å². The van der Waals surface area contributed by atoms with Gasteiger partial charge in [0.2, 0.25) is 0 Å². The van der Waals surface area contributed by atoms with Gasteiger partial charge in [-0.1, -0.05) is 30.6 Å². The average Bonchev–Trinajstić information content (AvgIpc) is 2.75. The van der Waals surface area contributed by atoms with Gasteiger partial charge in [-0.15, -0.1) is 0 Å². The second kappa shape index (κ2) is 5.36. The number of nitro groups is 1. The number of thiazole rings is 1. The van der Waals surface area contributed by atoms with Crippen LogP contribution in [0.2, 0.25) is 0 Å². The van der Waals surface area contributed by atoms with Crippen molar-refractivity contribution in [2.75, 3.05) is 0 Å². The van der Waals surface area contributed by atoms with Gasteiger partial charge in [0, 0.05) is 18.7 Å². The Morgan fingerprint density at radius 1 is 1.30 bits per heavy atom. The minimum atomic E-state index is -0.422. The third kappa shape index (κ3) is 2.47. The Morgan fingerprint density at radius 2 is 2.05 bits per heavy atom. The maximum Gasteiger partial charge on any atom is 0.308 e. The lowest BCUT2D eigenvalue weighted by molar-refractivity contribution is -0.384. The quantitative estimate of drug-likeness (QED) is 0.642. The number of fused-ring (bicyclic) bond motifs is 1. The molecule has 1 aliphatic rings. The summed E-state index contributed by atoms with van der Waals surface area (Å²) in [6.45, 7) is 0.747. The lowest BCUT2D eigenvalue weighted by Gasteiger charge is -2.21. The normalized spacial score (nSPS) is 16.6. The van der Waals surface area contributed by atoms with Gasteiger partial charge in [0.25, 0.3) is 5.69 Å². The molecule has 6 heteroatoms. The number of hydrogen-bond acceptors (Lipinski definition) is 4. The number of hydrogen-bond donors (Lipinski definition) is 0. The third-order valence-corrected chi connectivity index (χ3v) is 4.97. The van der Waals surface area contributed by atoms with Crippen LogP contribution in [0.3, 0.4) is 0 Å². The van der Waals surface area contributed by atoms with Crippen LogP contribution in [0.5, 0.6) is 0 Å². The predicted molar refractivity (Wildman–Crippen MR) is 79.3 cm³/mol. The number of aromatic nitrogens is 1. The standard InChI is InChI=1S/C14H16N2O3S/c17-14-15(9-10-4-2-1-3-5-10)12-7-6-11(16(18)19)8-13(12)20-14/h6-8,10H,1-5,9H2. The summed E-state index contributed by atoms with van der Waals surface area (Å²) in [4.78, 5) is 22.5. The first-order valence-electron chi connectivity index (χ1n) is 6.93. The molecule has 0 amide bonds. The molecule has 3 rings (SSSR count). The summed E-state index contributed by atoms with van der Waals surface area (Å²) in [7, 11) is 0. The molecule has 1 saturated carbocycles. The molecule has 106 valence electrons. The van der Waals surface area contributed by atoms with Crippen molar-refractivity contribution in [3.63, 3.8) is 0 Å². The van der Waals surface area contributed by atoms with E-state index in [9.17, 15) is 14.9 Å². The van der Waals surface area contributed by atoms with Crippen molar-refractivity contribution in [1.82, 2.24) is 4.57 Å². The van der Waals surface area contributed by atoms with Crippen LogP contribution in [0.1, 0.15) is 32.1 Å². The molecule has 1 aromatic heterocycles. The van der Waals surface area contributed by atoms with Gasteiger partial charge in [0.05, 0.1) is 15.1 Å². The maximum absolute atomic E-state index is 12.1. The molecule has 0 bridgehead atoms. The largest absolute Gasteiger partial charge is 0.308 e. The highest BCUT2D eigenvalue weighted by atomic mass is 32.1. The second-order valence-electron chi connectivity index (χ2n) is 5.39. The summed E-state index contributed by atoms with van der Waals surface area (Å²) in [5.74, 6) is 0.564. The SMILES string of the molecule is O=c1sc2cc([N+](=O)[O-])ccc2n1CC1CCCCC1. The van der Waals surface area contributed by atoms with Gasteiger partial charge in [-0.25, -0.2) is 0 Å². The van der Waals surface area contributed by atoms with E-state index in [1.807, 2.05) is 0 Å². The predicted octanol–water partition coefficient (Wildman–Crippen LogP) is 3.55. The van der Waals surface area contributed by atoms with E-state index in [2.05, 4.69) is 0 Å². The summed E-state index contributed by atoms with van der Waals surface area (Å²) in [6, 6.07) is 4.68. The Bertz CT molecular complexity index is 698. The molecule has 1 heterocycles. The van der Waals surface area contributed by atoms with E-state index < -0.39 is 4.92 Å². The molecule has 0 aliphatic heterocycles. The van der Waals surface area contributed by atoms with E-state index in [-0.39, 0.29) is 10.6 Å². The summed E-state index contributed by atoms with van der Waals surface area (Å²) >= 11 is 1.10. The smallest absolute Gasteiger partial charge is 0.298 e. The van der Waals surface area contributed by atoms with Crippen molar-refractivity contribution in [3.05, 3.63) is 38.0 Å². The molecule has 5 nitrogen and oxygen atoms in total. The second-order valence-corrected chi connectivity index (χ2v) is 6.38. The Morgan fingerprint density at radius 3 is 2.75 bits per heavy atom. The molecule has 20 heavy (non-hydrogen) atoms. The van der Waals surface area contributed by atoms with Gasteiger partial charge in [0.1, 0.15) is 0 Å². The Labute approximate surface area is 120 Å². The van der Waals surface area contributed by atoms with E-state index in [1.165, 1.54) is 44.2 Å². The minimum Gasteiger partial charge on any atom is -0.298 e. The lowest BCUT2D eigenvalue weighted by atomic mass is 9.89. The van der Waals surface area contributed by atoms with Crippen LogP contribution in [0.4, 0.5) is 5.69 Å². The van der Waals surface area contributed by atoms with Gasteiger partial charge in [-0.2, -0.15) is 0 Å². The fraction of sp³-hybridized carbons (Fsp3) is 0.500. The maximum atomic E-state index is 12.1. The van der Waals surface area contributed by atoms with Crippen LogP contribution in [0.15, 0.2) is 23.0 Å². The molecule has 1 aliphatic carbocycles. The fourth-order valence-corrected chi connectivity index (χ4v) is 3.90. The molecule has 2 aromatic rings. The highest BCUT2D eigenvalue weighted by molar-refractivity contribution is 7.16. The summed E-state index contributed by atoms with van der Waals surface area (Å²) in [5.41, 5.74) is 0.875. The van der Waals surface area contributed by atoms with Crippen molar-refractivity contribution in [2.45, 2.75) is 38.6 Å². The number of benzene rings is 1. The molecule has 1 fully saturated rings. The van der Waals surface area contributed by atoms with Crippen LogP contribution in [-0.4, -0.2) is 9.49 Å². The molecule has 0 radical (unpaired) electrons. The Balaban J connectivity index is 1.96. The Hall–Kier alpha value is -1.69. The topological polar surface area (TPSA) is 65.1 Å². The van der Waals surface area contributed by atoms with Crippen molar-refractivity contribution in [3.8, 4) is 0 Å². The average molecular weight is 292 g/mol. The van der Waals surface area contributed by atoms with Crippen LogP contribution in [0.25, 0.3) is 10.2 Å². The summed E-state index contributed by atoms with van der Waals surface area (Å²) in [6.07, 6.45) is 6.13. The zero-order chi connectivity index (χ0) is 14.1. The molecule has 0 spiro atoms. The summed E-state index contributed by atoms with van der Waals surface area (Å²) in [5, 5.41) is 10.8. The Kier molecular flexibility index (Phi) is 3.56. The van der Waals surface area contributed by atoms with E-state index in [0.29, 0.717) is 10.6 Å². The number of nitro benzene ring substituents is 1. The molecule has 0 atom stereocenters. The van der Waals surface area contributed by atoms with Crippen molar-refractivity contribution in [1.29, 1.82) is 0 Å². The number of rotatable bonds is 3. The van der Waals surface area contributed by atoms with Crippen molar-refractivity contribution >= 4 is 27.2 Å². The van der Waals surface area contributed by atoms with Gasteiger partial charge in [-0.05, 0) is 24.8 Å². The first kappa shape index (κ1) is 13.3. The van der Waals surface area contributed by atoms with Crippen LogP contribution >= 0.6 is 11.3 Å². The minimum absolute atomic E-state index is 0.00827. The lowest BCUT2D eigenvalue weighted by Crippen LogP contribution is -2.20. The van der Waals surface area contributed by atoms with Crippen molar-refractivity contribution < 1.29 is 4.92 Å². The first-order valence-corrected chi connectivity index (χ1v) is 7.74. The zero-order valence-corrected chi connectivity index (χ0v) is 11.9. The number of non-ortho nitro benzene ring substituents is 1. The van der Waals surface area contributed by atoms with E-state index in [4.69, 9.17) is 0 Å². The van der Waals surface area contributed by atoms with E-state index >= 15 is 0 Å². The zero-order valence-electron chi connectivity index (χ0n) is 11.1. The highest BCUT2D eigenvalue weighted by Gasteiger charge is 2.18. The van der Waals surface area contributed by atoms with Gasteiger partial charge in [0.15, 0.2) is 0 Å². The molecule has 0 unspecified atom stereocenters. The van der Waals surface area contributed by atoms with Crippen molar-refractivity contribution in [2.24, 2.45) is 5.92 Å². The fourth-order valence-electron chi connectivity index (χ4n) is 2.97. The third-order valence-electron chi connectivity index (χ3n) is 4.03. The number of nitrogens with zero attached hydrogens (tertiary/aromatic N) is 2. The molecule has 1 aromatic carbocycles. The monoisotopic (exact) mass is 292 g/mol. The van der Waals surface area contributed by atoms with E-state index in [0.717, 1.165) is 23.4 Å². The van der Waals surface area contributed by atoms with Gasteiger partial charge >= 0.3 is 4.87 Å². The van der Waals surface area contributed by atoms with Crippen LogP contribution in [0, 0.1) is 16.0 Å². The van der Waals surface area contributed by atoms with Gasteiger partial charge < -0.3 is 0 Å². The molecule has 0 N–H and O–H groups in total. The van der Waals surface area contributed by atoms with Crippen LogP contribution < -0.4 is 4.87 Å². The molecule has 0 saturated heterocycles. The highest BCUT2D eigenvalue weighted by Crippen LogP contribution is 2.28. The molecular formula is C14H16N2O3S. The summed E-state index contributed by atoms with van der Waals surface area (Å²) < 4.78 is 2.50. The first-order chi connectivity index (χ1) is 9.65. The van der Waals surface area contributed by atoms with E-state index in [1.54, 1.807) is 10.6 Å². The molecular weight excluding hydrogens is 276 g/mol. The van der Waals surface area contributed by atoms with Gasteiger partial charge in [-0.3, -0.25) is 19.5 Å².